The molecule has 0 spiro atoms. The Bertz CT molecular complexity index is 164. The minimum Gasteiger partial charge on any atom is -0.299 e. The highest BCUT2D eigenvalue weighted by Crippen LogP contribution is 2.07. The molecule has 1 heteroatoms. The molecule has 0 bridgehead atoms. The normalized spacial score (nSPS) is 13.8. The van der Waals surface area contributed by atoms with E-state index in [2.05, 4.69) is 25.1 Å². The first kappa shape index (κ1) is 12.5. The highest BCUT2D eigenvalue weighted by Gasteiger charge is 2.15. The summed E-state index contributed by atoms with van der Waals surface area (Å²) < 4.78 is 0. The molecule has 0 radical (unpaired) electrons. The first-order valence-corrected chi connectivity index (χ1v) is 5.27. The van der Waals surface area contributed by atoms with Crippen LogP contribution >= 0.6 is 0 Å². The topological polar surface area (TPSA) is 12.0 Å². The van der Waals surface area contributed by atoms with Crippen molar-refractivity contribution in [2.24, 2.45) is 0 Å². The number of hydrogen-bond donors (Lipinski definition) is 1. The molecule has 76 valence electrons. The van der Waals surface area contributed by atoms with E-state index in [-0.39, 0.29) is 5.54 Å². The van der Waals surface area contributed by atoms with Gasteiger partial charge in [-0.3, -0.25) is 5.32 Å². The molecular formula is C12H23N. The number of unbranched alkanes of at least 4 members (excludes halogenated alkanes) is 2. The van der Waals surface area contributed by atoms with E-state index < -0.39 is 0 Å². The van der Waals surface area contributed by atoms with E-state index in [1.165, 1.54) is 25.7 Å². The molecule has 0 amide bonds. The van der Waals surface area contributed by atoms with Gasteiger partial charge in [-0.25, -0.2) is 0 Å². The van der Waals surface area contributed by atoms with Crippen LogP contribution in [-0.4, -0.2) is 11.6 Å². The molecule has 0 aliphatic carbocycles. The molecule has 0 heterocycles. The molecule has 1 N–H and O–H groups in total. The van der Waals surface area contributed by atoms with E-state index in [0.29, 0.717) is 6.04 Å². The summed E-state index contributed by atoms with van der Waals surface area (Å²) in [4.78, 5) is 0. The van der Waals surface area contributed by atoms with E-state index in [4.69, 9.17) is 6.42 Å². The maximum Gasteiger partial charge on any atom is 0.0743 e. The third-order valence-electron chi connectivity index (χ3n) is 2.21. The van der Waals surface area contributed by atoms with E-state index in [1.807, 2.05) is 13.8 Å². The van der Waals surface area contributed by atoms with Crippen molar-refractivity contribution in [2.45, 2.75) is 65.0 Å². The lowest BCUT2D eigenvalue weighted by atomic mass is 10.0. The molecule has 0 aromatic heterocycles. The summed E-state index contributed by atoms with van der Waals surface area (Å²) >= 11 is 0. The summed E-state index contributed by atoms with van der Waals surface area (Å²) in [6.45, 7) is 8.52. The lowest BCUT2D eigenvalue weighted by molar-refractivity contribution is 0.396. The standard InChI is InChI=1S/C12H23N/c1-6-8-9-10-11(3)13-12(4,5)7-2/h2,11,13H,6,8-10H2,1,3-5H3. The number of hydrogen-bond acceptors (Lipinski definition) is 1. The Morgan fingerprint density at radius 3 is 2.46 bits per heavy atom. The van der Waals surface area contributed by atoms with Gasteiger partial charge in [-0.2, -0.15) is 0 Å². The fourth-order valence-corrected chi connectivity index (χ4v) is 1.43. The van der Waals surface area contributed by atoms with Gasteiger partial charge in [0.1, 0.15) is 0 Å². The second kappa shape index (κ2) is 6.05. The van der Waals surface area contributed by atoms with Crippen molar-refractivity contribution < 1.29 is 0 Å². The molecule has 0 aliphatic heterocycles. The first-order chi connectivity index (χ1) is 6.02. The second-order valence-electron chi connectivity index (χ2n) is 4.31. The van der Waals surface area contributed by atoms with Gasteiger partial charge >= 0.3 is 0 Å². The van der Waals surface area contributed by atoms with Crippen LogP contribution in [0.2, 0.25) is 0 Å². The molecule has 1 atom stereocenters. The average molecular weight is 181 g/mol. The molecule has 1 unspecified atom stereocenters. The third-order valence-corrected chi connectivity index (χ3v) is 2.21. The van der Waals surface area contributed by atoms with Gasteiger partial charge in [-0.05, 0) is 27.2 Å². The summed E-state index contributed by atoms with van der Waals surface area (Å²) in [5, 5.41) is 3.43. The Balaban J connectivity index is 3.63. The van der Waals surface area contributed by atoms with Crippen molar-refractivity contribution in [2.75, 3.05) is 0 Å². The molecule has 0 aromatic rings. The molecule has 0 saturated heterocycles. The zero-order chi connectivity index (χ0) is 10.3. The monoisotopic (exact) mass is 181 g/mol. The SMILES string of the molecule is C#CC(C)(C)NC(C)CCCCC. The van der Waals surface area contributed by atoms with Crippen LogP contribution in [0, 0.1) is 12.3 Å². The van der Waals surface area contributed by atoms with Gasteiger partial charge < -0.3 is 0 Å². The van der Waals surface area contributed by atoms with E-state index >= 15 is 0 Å². The van der Waals surface area contributed by atoms with Crippen molar-refractivity contribution in [1.82, 2.24) is 5.32 Å². The smallest absolute Gasteiger partial charge is 0.0743 e. The van der Waals surface area contributed by atoms with Gasteiger partial charge in [-0.1, -0.05) is 32.1 Å². The highest BCUT2D eigenvalue weighted by atomic mass is 15.0. The fourth-order valence-electron chi connectivity index (χ4n) is 1.43. The fraction of sp³-hybridized carbons (Fsp3) is 0.833. The van der Waals surface area contributed by atoms with Crippen molar-refractivity contribution in [1.29, 1.82) is 0 Å². The van der Waals surface area contributed by atoms with Gasteiger partial charge in [0, 0.05) is 6.04 Å². The van der Waals surface area contributed by atoms with Crippen LogP contribution < -0.4 is 5.32 Å². The summed E-state index contributed by atoms with van der Waals surface area (Å²) in [6.07, 6.45) is 10.5. The van der Waals surface area contributed by atoms with Gasteiger partial charge in [-0.15, -0.1) is 6.42 Å². The van der Waals surface area contributed by atoms with Crippen molar-refractivity contribution in [3.05, 3.63) is 0 Å². The predicted octanol–water partition coefficient (Wildman–Crippen LogP) is 2.96. The number of rotatable bonds is 6. The second-order valence-corrected chi connectivity index (χ2v) is 4.31. The van der Waals surface area contributed by atoms with Gasteiger partial charge in [0.15, 0.2) is 0 Å². The lowest BCUT2D eigenvalue weighted by Crippen LogP contribution is -2.43. The largest absolute Gasteiger partial charge is 0.299 e. The quantitative estimate of drug-likeness (QED) is 0.491. The van der Waals surface area contributed by atoms with E-state index in [0.717, 1.165) is 0 Å². The average Bonchev–Trinajstić information content (AvgIpc) is 2.04. The Morgan fingerprint density at radius 1 is 1.38 bits per heavy atom. The molecule has 0 saturated carbocycles. The molecule has 0 aromatic carbocycles. The lowest BCUT2D eigenvalue weighted by Gasteiger charge is -2.25. The van der Waals surface area contributed by atoms with Crippen molar-refractivity contribution >= 4 is 0 Å². The first-order valence-electron chi connectivity index (χ1n) is 5.27. The van der Waals surface area contributed by atoms with E-state index in [9.17, 15) is 0 Å². The summed E-state index contributed by atoms with van der Waals surface area (Å²) in [7, 11) is 0. The summed E-state index contributed by atoms with van der Waals surface area (Å²) in [5.41, 5.74) is -0.161. The van der Waals surface area contributed by atoms with Gasteiger partial charge in [0.2, 0.25) is 0 Å². The van der Waals surface area contributed by atoms with Crippen molar-refractivity contribution in [3.8, 4) is 12.3 Å². The molecule has 0 fully saturated rings. The Hall–Kier alpha value is -0.480. The Morgan fingerprint density at radius 2 is 2.00 bits per heavy atom. The van der Waals surface area contributed by atoms with Crippen LogP contribution in [0.1, 0.15) is 53.4 Å². The third kappa shape index (κ3) is 6.66. The van der Waals surface area contributed by atoms with E-state index in [1.54, 1.807) is 0 Å². The predicted molar refractivity (Wildman–Crippen MR) is 59.7 cm³/mol. The van der Waals surface area contributed by atoms with Crippen LogP contribution in [0.25, 0.3) is 0 Å². The molecule has 0 rings (SSSR count). The molecular weight excluding hydrogens is 158 g/mol. The summed E-state index contributed by atoms with van der Waals surface area (Å²) in [6, 6.07) is 0.526. The molecule has 13 heavy (non-hydrogen) atoms. The van der Waals surface area contributed by atoms with Crippen LogP contribution in [0.5, 0.6) is 0 Å². The van der Waals surface area contributed by atoms with Crippen LogP contribution in [0.3, 0.4) is 0 Å². The van der Waals surface area contributed by atoms with Crippen LogP contribution in [0.15, 0.2) is 0 Å². The molecule has 1 nitrogen and oxygen atoms in total. The van der Waals surface area contributed by atoms with Crippen LogP contribution in [0.4, 0.5) is 0 Å². The van der Waals surface area contributed by atoms with Gasteiger partial charge in [0.05, 0.1) is 5.54 Å². The summed E-state index contributed by atoms with van der Waals surface area (Å²) in [5.74, 6) is 2.75. The molecule has 0 aliphatic rings. The van der Waals surface area contributed by atoms with Crippen LogP contribution in [-0.2, 0) is 0 Å². The highest BCUT2D eigenvalue weighted by molar-refractivity contribution is 5.07. The Labute approximate surface area is 83.3 Å². The zero-order valence-electron chi connectivity index (χ0n) is 9.48. The minimum absolute atomic E-state index is 0.161. The zero-order valence-corrected chi connectivity index (χ0v) is 9.48. The maximum atomic E-state index is 5.40. The maximum absolute atomic E-state index is 5.40. The number of nitrogens with one attached hydrogen (secondary N) is 1. The van der Waals surface area contributed by atoms with Crippen molar-refractivity contribution in [3.63, 3.8) is 0 Å². The van der Waals surface area contributed by atoms with Gasteiger partial charge in [0.25, 0.3) is 0 Å². The Kier molecular flexibility index (Phi) is 5.82. The minimum atomic E-state index is -0.161. The number of terminal acetylenes is 1.